The summed E-state index contributed by atoms with van der Waals surface area (Å²) in [7, 11) is 1.79. The maximum absolute atomic E-state index is 12.1. The van der Waals surface area contributed by atoms with Crippen molar-refractivity contribution in [2.45, 2.75) is 0 Å². The molecule has 1 heterocycles. The minimum Gasteiger partial charge on any atom is -0.384 e. The standard InChI is InChI=1S/C15H13ClN2O2/c1-18-8-2-5-14(18)15(20)17-13-10-11(4-3-9-19)6-7-12(13)16/h2,5-8,10,19H,9H2,1H3,(H,17,20). The molecule has 0 unspecified atom stereocenters. The molecule has 0 atom stereocenters. The molecular formula is C15H13ClN2O2. The monoisotopic (exact) mass is 288 g/mol. The van der Waals surface area contributed by atoms with Crippen molar-refractivity contribution in [2.75, 3.05) is 11.9 Å². The average molecular weight is 289 g/mol. The number of rotatable bonds is 2. The number of hydrogen-bond acceptors (Lipinski definition) is 2. The van der Waals surface area contributed by atoms with Crippen LogP contribution in [0.5, 0.6) is 0 Å². The average Bonchev–Trinajstić information content (AvgIpc) is 2.86. The summed E-state index contributed by atoms with van der Waals surface area (Å²) in [4.78, 5) is 12.1. The smallest absolute Gasteiger partial charge is 0.272 e. The van der Waals surface area contributed by atoms with E-state index in [2.05, 4.69) is 17.2 Å². The SMILES string of the molecule is Cn1cccc1C(=O)Nc1cc(C#CCO)ccc1Cl. The van der Waals surface area contributed by atoms with Gasteiger partial charge in [-0.05, 0) is 30.3 Å². The maximum atomic E-state index is 12.1. The molecule has 0 aliphatic carbocycles. The number of aromatic nitrogens is 1. The highest BCUT2D eigenvalue weighted by molar-refractivity contribution is 6.34. The van der Waals surface area contributed by atoms with E-state index in [1.54, 1.807) is 48.1 Å². The molecule has 20 heavy (non-hydrogen) atoms. The normalized spacial score (nSPS) is 9.75. The number of benzene rings is 1. The van der Waals surface area contributed by atoms with Gasteiger partial charge in [-0.3, -0.25) is 4.79 Å². The van der Waals surface area contributed by atoms with Crippen molar-refractivity contribution in [2.24, 2.45) is 7.05 Å². The number of hydrogen-bond donors (Lipinski definition) is 2. The van der Waals surface area contributed by atoms with Gasteiger partial charge in [0.25, 0.3) is 5.91 Å². The molecule has 1 aromatic carbocycles. The second-order valence-electron chi connectivity index (χ2n) is 4.11. The zero-order valence-electron chi connectivity index (χ0n) is 10.9. The Morgan fingerprint density at radius 3 is 2.90 bits per heavy atom. The maximum Gasteiger partial charge on any atom is 0.272 e. The Hall–Kier alpha value is -2.22. The van der Waals surface area contributed by atoms with Crippen LogP contribution in [0.15, 0.2) is 36.5 Å². The number of anilines is 1. The van der Waals surface area contributed by atoms with Crippen LogP contribution in [0.25, 0.3) is 0 Å². The molecule has 2 N–H and O–H groups in total. The summed E-state index contributed by atoms with van der Waals surface area (Å²) >= 11 is 6.06. The highest BCUT2D eigenvalue weighted by Crippen LogP contribution is 2.23. The molecule has 0 saturated carbocycles. The third-order valence-electron chi connectivity index (χ3n) is 2.70. The van der Waals surface area contributed by atoms with Gasteiger partial charge in [-0.15, -0.1) is 0 Å². The first-order valence-electron chi connectivity index (χ1n) is 5.94. The van der Waals surface area contributed by atoms with E-state index in [9.17, 15) is 4.79 Å². The minimum absolute atomic E-state index is 0.215. The number of carbonyl (C=O) groups is 1. The molecule has 5 heteroatoms. The number of nitrogens with zero attached hydrogens (tertiary/aromatic N) is 1. The third kappa shape index (κ3) is 3.21. The van der Waals surface area contributed by atoms with Crippen LogP contribution in [-0.4, -0.2) is 22.2 Å². The lowest BCUT2D eigenvalue weighted by Crippen LogP contribution is -2.15. The first kappa shape index (κ1) is 14.2. The fourth-order valence-electron chi connectivity index (χ4n) is 1.72. The second-order valence-corrected chi connectivity index (χ2v) is 4.52. The first-order valence-corrected chi connectivity index (χ1v) is 6.31. The van der Waals surface area contributed by atoms with Crippen LogP contribution in [0.3, 0.4) is 0 Å². The van der Waals surface area contributed by atoms with Crippen molar-refractivity contribution < 1.29 is 9.90 Å². The van der Waals surface area contributed by atoms with Gasteiger partial charge >= 0.3 is 0 Å². The summed E-state index contributed by atoms with van der Waals surface area (Å²) in [6, 6.07) is 8.57. The summed E-state index contributed by atoms with van der Waals surface area (Å²) < 4.78 is 1.72. The lowest BCUT2D eigenvalue weighted by molar-refractivity contribution is 0.101. The van der Waals surface area contributed by atoms with Crippen molar-refractivity contribution in [3.05, 3.63) is 52.8 Å². The molecule has 0 aliphatic rings. The van der Waals surface area contributed by atoms with Crippen LogP contribution in [0.1, 0.15) is 16.1 Å². The van der Waals surface area contributed by atoms with Gasteiger partial charge in [0, 0.05) is 18.8 Å². The van der Waals surface area contributed by atoms with Crippen LogP contribution in [0, 0.1) is 11.8 Å². The predicted octanol–water partition coefficient (Wildman–Crippen LogP) is 2.27. The number of amides is 1. The molecule has 0 aliphatic heterocycles. The molecule has 0 fully saturated rings. The largest absolute Gasteiger partial charge is 0.384 e. The lowest BCUT2D eigenvalue weighted by atomic mass is 10.2. The Bertz CT molecular complexity index is 695. The van der Waals surface area contributed by atoms with Crippen LogP contribution in [0.2, 0.25) is 5.02 Å². The fourth-order valence-corrected chi connectivity index (χ4v) is 1.89. The zero-order valence-corrected chi connectivity index (χ0v) is 11.6. The van der Waals surface area contributed by atoms with Gasteiger partial charge in [-0.1, -0.05) is 23.4 Å². The minimum atomic E-state index is -0.244. The molecule has 4 nitrogen and oxygen atoms in total. The first-order chi connectivity index (χ1) is 9.61. The highest BCUT2D eigenvalue weighted by Gasteiger charge is 2.11. The molecule has 0 saturated heterocycles. The van der Waals surface area contributed by atoms with Crippen LogP contribution >= 0.6 is 11.6 Å². The topological polar surface area (TPSA) is 54.3 Å². The van der Waals surface area contributed by atoms with Crippen molar-refractivity contribution in [1.29, 1.82) is 0 Å². The molecule has 1 aromatic heterocycles. The van der Waals surface area contributed by atoms with Gasteiger partial charge in [0.2, 0.25) is 0 Å². The van der Waals surface area contributed by atoms with E-state index in [1.807, 2.05) is 0 Å². The summed E-state index contributed by atoms with van der Waals surface area (Å²) in [6.45, 7) is -0.215. The zero-order chi connectivity index (χ0) is 14.5. The summed E-state index contributed by atoms with van der Waals surface area (Å²) in [5.41, 5.74) is 1.70. The molecular weight excluding hydrogens is 276 g/mol. The van der Waals surface area contributed by atoms with Crippen LogP contribution in [-0.2, 0) is 7.05 Å². The number of aliphatic hydroxyl groups is 1. The van der Waals surface area contributed by atoms with Crippen molar-refractivity contribution in [3.8, 4) is 11.8 Å². The van der Waals surface area contributed by atoms with Crippen molar-refractivity contribution >= 4 is 23.2 Å². The van der Waals surface area contributed by atoms with Gasteiger partial charge in [-0.25, -0.2) is 0 Å². The molecule has 1 amide bonds. The molecule has 2 rings (SSSR count). The van der Waals surface area contributed by atoms with E-state index in [-0.39, 0.29) is 12.5 Å². The fraction of sp³-hybridized carbons (Fsp3) is 0.133. The number of carbonyl (C=O) groups excluding carboxylic acids is 1. The van der Waals surface area contributed by atoms with E-state index in [1.165, 1.54) is 0 Å². The van der Waals surface area contributed by atoms with Crippen LogP contribution < -0.4 is 5.32 Å². The van der Waals surface area contributed by atoms with Crippen molar-refractivity contribution in [1.82, 2.24) is 4.57 Å². The quantitative estimate of drug-likeness (QED) is 0.833. The summed E-state index contributed by atoms with van der Waals surface area (Å²) in [5, 5.41) is 11.9. The molecule has 0 spiro atoms. The van der Waals surface area contributed by atoms with E-state index >= 15 is 0 Å². The molecule has 102 valence electrons. The highest BCUT2D eigenvalue weighted by atomic mass is 35.5. The van der Waals surface area contributed by atoms with Gasteiger partial charge in [0.15, 0.2) is 0 Å². The Balaban J connectivity index is 2.25. The Morgan fingerprint density at radius 2 is 2.25 bits per heavy atom. The number of halogens is 1. The Morgan fingerprint density at radius 1 is 1.45 bits per heavy atom. The Kier molecular flexibility index (Phi) is 4.46. The lowest BCUT2D eigenvalue weighted by Gasteiger charge is -2.08. The summed E-state index contributed by atoms with van der Waals surface area (Å²) in [6.07, 6.45) is 1.79. The third-order valence-corrected chi connectivity index (χ3v) is 3.03. The van der Waals surface area contributed by atoms with E-state index in [0.29, 0.717) is 22.0 Å². The van der Waals surface area contributed by atoms with Crippen LogP contribution in [0.4, 0.5) is 5.69 Å². The van der Waals surface area contributed by atoms with Gasteiger partial charge < -0.3 is 15.0 Å². The van der Waals surface area contributed by atoms with Crippen molar-refractivity contribution in [3.63, 3.8) is 0 Å². The van der Waals surface area contributed by atoms with E-state index < -0.39 is 0 Å². The van der Waals surface area contributed by atoms with Gasteiger partial charge in [-0.2, -0.15) is 0 Å². The number of aryl methyl sites for hydroxylation is 1. The van der Waals surface area contributed by atoms with Gasteiger partial charge in [0.05, 0.1) is 10.7 Å². The Labute approximate surface area is 122 Å². The molecule has 2 aromatic rings. The predicted molar refractivity (Wildman–Crippen MR) is 78.8 cm³/mol. The second kappa shape index (κ2) is 6.29. The summed E-state index contributed by atoms with van der Waals surface area (Å²) in [5.74, 6) is 5.07. The molecule has 0 radical (unpaired) electrons. The van der Waals surface area contributed by atoms with Gasteiger partial charge in [0.1, 0.15) is 12.3 Å². The van der Waals surface area contributed by atoms with E-state index in [4.69, 9.17) is 16.7 Å². The molecule has 0 bridgehead atoms. The van der Waals surface area contributed by atoms with E-state index in [0.717, 1.165) is 0 Å². The number of nitrogens with one attached hydrogen (secondary N) is 1. The number of aliphatic hydroxyl groups excluding tert-OH is 1.